The van der Waals surface area contributed by atoms with Crippen molar-refractivity contribution in [2.24, 2.45) is 0 Å². The largest absolute Gasteiger partial charge is 0.754 e. The highest BCUT2D eigenvalue weighted by Gasteiger charge is 2.07. The zero-order chi connectivity index (χ0) is 9.14. The molecule has 0 spiro atoms. The van der Waals surface area contributed by atoms with E-state index >= 15 is 0 Å². The van der Waals surface area contributed by atoms with Crippen molar-refractivity contribution >= 4 is 28.4 Å². The van der Waals surface area contributed by atoms with E-state index in [1.165, 1.54) is 12.3 Å². The van der Waals surface area contributed by atoms with Crippen LogP contribution in [-0.2, 0) is 22.5 Å². The van der Waals surface area contributed by atoms with Gasteiger partial charge in [0.15, 0.2) is 0 Å². The van der Waals surface area contributed by atoms with Crippen LogP contribution in [0.1, 0.15) is 0 Å². The zero-order valence-electron chi connectivity index (χ0n) is 5.50. The topological polar surface area (TPSA) is 112 Å². The summed E-state index contributed by atoms with van der Waals surface area (Å²) in [6, 6.07) is 1.21. The van der Waals surface area contributed by atoms with Gasteiger partial charge in [-0.05, 0) is 0 Å². The molecule has 0 bridgehead atoms. The van der Waals surface area contributed by atoms with Gasteiger partial charge in [0, 0.05) is 6.07 Å². The molecular weight excluding hydrogens is 206 g/mol. The van der Waals surface area contributed by atoms with Gasteiger partial charge < -0.3 is 9.11 Å². The Labute approximate surface area is 72.6 Å². The lowest BCUT2D eigenvalue weighted by atomic mass is 10.7. The van der Waals surface area contributed by atoms with Gasteiger partial charge in [0.2, 0.25) is 0 Å². The Balaban J connectivity index is 2.96. The van der Waals surface area contributed by atoms with Crippen LogP contribution in [0.5, 0.6) is 0 Å². The Hall–Kier alpha value is -0.770. The standard InChI is InChI=1S/C3H5N3O4S2/c7-11(8)6(12(9)10)3-1-2-4-5-3/h1-2H,(H,4,5)(H,7,8)(H,9,10)/p-2. The van der Waals surface area contributed by atoms with Crippen molar-refractivity contribution < 1.29 is 17.5 Å². The van der Waals surface area contributed by atoms with Crippen LogP contribution in [0.25, 0.3) is 0 Å². The molecule has 12 heavy (non-hydrogen) atoms. The van der Waals surface area contributed by atoms with Crippen LogP contribution in [0.4, 0.5) is 5.82 Å². The number of aromatic amines is 1. The van der Waals surface area contributed by atoms with Gasteiger partial charge in [-0.2, -0.15) is 5.10 Å². The van der Waals surface area contributed by atoms with E-state index in [4.69, 9.17) is 0 Å². The maximum atomic E-state index is 10.3. The number of hydrogen-bond donors (Lipinski definition) is 1. The SMILES string of the molecule is O=S([O-])N(c1ccn[nH]1)S(=O)[O-]. The summed E-state index contributed by atoms with van der Waals surface area (Å²) in [4.78, 5) is 0. The predicted octanol–water partition coefficient (Wildman–Crippen LogP) is -1.20. The Morgan fingerprint density at radius 1 is 1.42 bits per heavy atom. The van der Waals surface area contributed by atoms with Crippen LogP contribution in [0.2, 0.25) is 0 Å². The van der Waals surface area contributed by atoms with Crippen molar-refractivity contribution in [3.63, 3.8) is 0 Å². The summed E-state index contributed by atoms with van der Waals surface area (Å²) >= 11 is -5.73. The van der Waals surface area contributed by atoms with Gasteiger partial charge in [-0.3, -0.25) is 13.5 Å². The fraction of sp³-hybridized carbons (Fsp3) is 0. The highest BCUT2D eigenvalue weighted by molar-refractivity contribution is 7.98. The number of hydrogen-bond acceptors (Lipinski definition) is 5. The van der Waals surface area contributed by atoms with Crippen LogP contribution in [-0.4, -0.2) is 27.7 Å². The average molecular weight is 209 g/mol. The normalized spacial score (nSPS) is 15.5. The van der Waals surface area contributed by atoms with E-state index in [-0.39, 0.29) is 9.53 Å². The molecule has 2 unspecified atom stereocenters. The molecule has 9 heteroatoms. The lowest BCUT2D eigenvalue weighted by Crippen LogP contribution is -2.27. The Morgan fingerprint density at radius 3 is 2.33 bits per heavy atom. The van der Waals surface area contributed by atoms with Crippen LogP contribution < -0.4 is 3.71 Å². The minimum atomic E-state index is -2.86. The minimum Gasteiger partial charge on any atom is -0.754 e. The summed E-state index contributed by atoms with van der Waals surface area (Å²) in [7, 11) is 0. The molecule has 0 saturated heterocycles. The Bertz CT molecular complexity index is 285. The van der Waals surface area contributed by atoms with Crippen molar-refractivity contribution in [3.8, 4) is 0 Å². The van der Waals surface area contributed by atoms with Gasteiger partial charge >= 0.3 is 0 Å². The molecule has 1 heterocycles. The van der Waals surface area contributed by atoms with Crippen molar-refractivity contribution in [2.45, 2.75) is 0 Å². The van der Waals surface area contributed by atoms with Crippen LogP contribution in [0, 0.1) is 0 Å². The van der Waals surface area contributed by atoms with Crippen molar-refractivity contribution in [1.82, 2.24) is 10.2 Å². The first kappa shape index (κ1) is 9.32. The third kappa shape index (κ3) is 1.88. The fourth-order valence-corrected chi connectivity index (χ4v) is 1.48. The van der Waals surface area contributed by atoms with Gasteiger partial charge in [-0.1, -0.05) is 0 Å². The van der Waals surface area contributed by atoms with E-state index in [0.717, 1.165) is 0 Å². The third-order valence-corrected chi connectivity index (χ3v) is 2.62. The molecule has 0 aliphatic carbocycles. The molecule has 0 aliphatic rings. The van der Waals surface area contributed by atoms with E-state index in [9.17, 15) is 17.5 Å². The zero-order valence-corrected chi connectivity index (χ0v) is 7.13. The first-order valence-electron chi connectivity index (χ1n) is 2.61. The molecule has 2 atom stereocenters. The van der Waals surface area contributed by atoms with Gasteiger partial charge in [0.05, 0.1) is 28.7 Å². The van der Waals surface area contributed by atoms with Gasteiger partial charge in [0.25, 0.3) is 0 Å². The summed E-state index contributed by atoms with van der Waals surface area (Å²) in [5.41, 5.74) is 0. The maximum absolute atomic E-state index is 10.3. The molecule has 1 aromatic heterocycles. The van der Waals surface area contributed by atoms with E-state index in [1.807, 2.05) is 0 Å². The Kier molecular flexibility index (Phi) is 2.92. The second-order valence-electron chi connectivity index (χ2n) is 1.63. The van der Waals surface area contributed by atoms with E-state index in [1.54, 1.807) is 0 Å². The summed E-state index contributed by atoms with van der Waals surface area (Å²) in [5.74, 6) is -0.128. The van der Waals surface area contributed by atoms with Crippen molar-refractivity contribution in [1.29, 1.82) is 0 Å². The molecule has 1 aromatic rings. The van der Waals surface area contributed by atoms with E-state index in [2.05, 4.69) is 10.2 Å². The van der Waals surface area contributed by atoms with Crippen LogP contribution in [0.15, 0.2) is 12.3 Å². The first-order valence-corrected chi connectivity index (χ1v) is 4.67. The molecule has 0 radical (unpaired) electrons. The van der Waals surface area contributed by atoms with E-state index in [0.29, 0.717) is 0 Å². The Morgan fingerprint density at radius 2 is 2.00 bits per heavy atom. The summed E-state index contributed by atoms with van der Waals surface area (Å²) in [6.45, 7) is 0. The fourth-order valence-electron chi connectivity index (χ4n) is 0.561. The smallest absolute Gasteiger partial charge is 0.147 e. The highest BCUT2D eigenvalue weighted by atomic mass is 32.3. The second-order valence-corrected chi connectivity index (χ2v) is 3.46. The molecular formula is C3H3N3O4S2-2. The average Bonchev–Trinajstić information content (AvgIpc) is 2.37. The third-order valence-electron chi connectivity index (χ3n) is 0.954. The molecule has 0 saturated carbocycles. The number of anilines is 1. The lowest BCUT2D eigenvalue weighted by Gasteiger charge is -2.25. The number of nitrogens with zero attached hydrogens (tertiary/aromatic N) is 2. The first-order chi connectivity index (χ1) is 5.63. The second kappa shape index (κ2) is 3.76. The predicted molar refractivity (Wildman–Crippen MR) is 38.9 cm³/mol. The lowest BCUT2D eigenvalue weighted by molar-refractivity contribution is 0.522. The minimum absolute atomic E-state index is 0.128. The van der Waals surface area contributed by atoms with Crippen LogP contribution >= 0.6 is 0 Å². The van der Waals surface area contributed by atoms with Gasteiger partial charge in [-0.15, -0.1) is 0 Å². The summed E-state index contributed by atoms with van der Waals surface area (Å²) in [6.07, 6.45) is 1.24. The molecule has 0 amide bonds. The molecule has 7 nitrogen and oxygen atoms in total. The molecule has 1 N–H and O–H groups in total. The monoisotopic (exact) mass is 209 g/mol. The summed E-state index contributed by atoms with van der Waals surface area (Å²) in [5, 5.41) is 5.58. The van der Waals surface area contributed by atoms with Gasteiger partial charge in [0.1, 0.15) is 5.82 Å². The quantitative estimate of drug-likeness (QED) is 0.628. The number of aromatic nitrogens is 2. The van der Waals surface area contributed by atoms with Crippen molar-refractivity contribution in [2.75, 3.05) is 3.71 Å². The molecule has 0 aliphatic heterocycles. The summed E-state index contributed by atoms with van der Waals surface area (Å²) < 4.78 is 41.4. The van der Waals surface area contributed by atoms with E-state index < -0.39 is 22.5 Å². The molecule has 0 aromatic carbocycles. The number of rotatable bonds is 3. The number of nitrogens with one attached hydrogen (secondary N) is 1. The highest BCUT2D eigenvalue weighted by Crippen LogP contribution is 2.11. The molecule has 1 rings (SSSR count). The van der Waals surface area contributed by atoms with Gasteiger partial charge in [-0.25, -0.2) is 3.71 Å². The number of H-pyrrole nitrogens is 1. The molecule has 68 valence electrons. The molecule has 0 fully saturated rings. The van der Waals surface area contributed by atoms with Crippen molar-refractivity contribution in [3.05, 3.63) is 12.3 Å². The maximum Gasteiger partial charge on any atom is 0.147 e. The van der Waals surface area contributed by atoms with Crippen LogP contribution in [0.3, 0.4) is 0 Å².